The zero-order chi connectivity index (χ0) is 31.1. The number of ether oxygens (including phenoxy) is 1. The van der Waals surface area contributed by atoms with E-state index in [0.717, 1.165) is 59.2 Å². The number of aryl methyl sites for hydroxylation is 3. The summed E-state index contributed by atoms with van der Waals surface area (Å²) >= 11 is 0. The quantitative estimate of drug-likeness (QED) is 0.267. The molecule has 0 spiro atoms. The van der Waals surface area contributed by atoms with Crippen molar-refractivity contribution in [3.05, 3.63) is 101 Å². The maximum absolute atomic E-state index is 14.7. The molecule has 0 aromatic heterocycles. The number of carbonyl (C=O) groups excluding carboxylic acids is 3. The lowest BCUT2D eigenvalue weighted by Gasteiger charge is -2.43. The molecule has 2 N–H and O–H groups in total. The van der Waals surface area contributed by atoms with Crippen LogP contribution in [0.4, 0.5) is 10.5 Å². The van der Waals surface area contributed by atoms with Crippen molar-refractivity contribution in [1.29, 1.82) is 0 Å². The van der Waals surface area contributed by atoms with Crippen LogP contribution in [0.1, 0.15) is 80.8 Å². The molecule has 7 nitrogen and oxygen atoms in total. The first-order chi connectivity index (χ1) is 20.5. The van der Waals surface area contributed by atoms with Gasteiger partial charge in [0, 0.05) is 18.2 Å². The zero-order valence-electron chi connectivity index (χ0n) is 26.3. The van der Waals surface area contributed by atoms with Crippen LogP contribution in [0.2, 0.25) is 0 Å². The summed E-state index contributed by atoms with van der Waals surface area (Å²) in [5, 5.41) is 6.01. The molecule has 1 aliphatic carbocycles. The molecule has 2 unspecified atom stereocenters. The van der Waals surface area contributed by atoms with Crippen LogP contribution in [0.3, 0.4) is 0 Å². The molecule has 0 heterocycles. The van der Waals surface area contributed by atoms with E-state index in [1.165, 1.54) is 0 Å². The van der Waals surface area contributed by atoms with Gasteiger partial charge in [-0.25, -0.2) is 4.79 Å². The molecule has 0 saturated heterocycles. The monoisotopic (exact) mass is 583 g/mol. The molecule has 0 bridgehead atoms. The van der Waals surface area contributed by atoms with Crippen LogP contribution in [0, 0.1) is 13.8 Å². The Labute approximate surface area is 256 Å². The van der Waals surface area contributed by atoms with Gasteiger partial charge in [0.15, 0.2) is 0 Å². The Morgan fingerprint density at radius 1 is 0.884 bits per heavy atom. The number of alkyl carbamates (subject to hydrolysis) is 1. The highest BCUT2D eigenvalue weighted by Crippen LogP contribution is 2.35. The van der Waals surface area contributed by atoms with Crippen molar-refractivity contribution in [3.8, 4) is 0 Å². The molecule has 4 rings (SSSR count). The molecule has 228 valence electrons. The van der Waals surface area contributed by atoms with Crippen LogP contribution < -0.4 is 10.6 Å². The Balaban J connectivity index is 1.77. The van der Waals surface area contributed by atoms with Gasteiger partial charge in [0.2, 0.25) is 5.91 Å². The summed E-state index contributed by atoms with van der Waals surface area (Å²) in [6, 6.07) is 21.4. The Morgan fingerprint density at radius 2 is 1.51 bits per heavy atom. The van der Waals surface area contributed by atoms with Gasteiger partial charge in [0.25, 0.3) is 5.91 Å². The van der Waals surface area contributed by atoms with Crippen LogP contribution in [-0.4, -0.2) is 40.5 Å². The molecule has 2 atom stereocenters. The van der Waals surface area contributed by atoms with Crippen LogP contribution in [0.5, 0.6) is 0 Å². The number of rotatable bonds is 10. The molecule has 3 aromatic rings. The van der Waals surface area contributed by atoms with E-state index >= 15 is 0 Å². The number of nitrogens with zero attached hydrogens (tertiary/aromatic N) is 1. The standard InChI is InChI=1S/C36H45N3O4/c1-7-26-19-21-28(22-20-26)32(33(40)38-31-24(2)13-11-14-25(31)3)39(29-17-12-18-29)34(41)30(23-27-15-9-8-10-16-27)37-35(42)43-36(4,5)6/h8-11,13-16,19-22,29-30,32H,7,12,17-18,23H2,1-6H3,(H,37,42)(H,38,40). The molecule has 1 saturated carbocycles. The molecule has 3 amide bonds. The van der Waals surface area contributed by atoms with E-state index in [-0.39, 0.29) is 24.3 Å². The minimum absolute atomic E-state index is 0.134. The summed E-state index contributed by atoms with van der Waals surface area (Å²) in [6.07, 6.45) is 3.01. The Hall–Kier alpha value is -4.13. The highest BCUT2D eigenvalue weighted by atomic mass is 16.6. The predicted molar refractivity (Wildman–Crippen MR) is 171 cm³/mol. The van der Waals surface area contributed by atoms with Crippen molar-refractivity contribution in [2.75, 3.05) is 5.32 Å². The first-order valence-corrected chi connectivity index (χ1v) is 15.3. The van der Waals surface area contributed by atoms with E-state index in [0.29, 0.717) is 0 Å². The summed E-state index contributed by atoms with van der Waals surface area (Å²) in [4.78, 5) is 43.8. The number of carbonyl (C=O) groups is 3. The molecular weight excluding hydrogens is 538 g/mol. The summed E-state index contributed by atoms with van der Waals surface area (Å²) in [5.74, 6) is -0.585. The fraction of sp³-hybridized carbons (Fsp3) is 0.417. The smallest absolute Gasteiger partial charge is 0.408 e. The Kier molecular flexibility index (Phi) is 10.3. The lowest BCUT2D eigenvalue weighted by Crippen LogP contribution is -2.57. The molecule has 1 aliphatic rings. The van der Waals surface area contributed by atoms with E-state index in [1.54, 1.807) is 25.7 Å². The lowest BCUT2D eigenvalue weighted by atomic mass is 9.87. The number of benzene rings is 3. The highest BCUT2D eigenvalue weighted by molar-refractivity contribution is 6.00. The molecule has 1 fully saturated rings. The lowest BCUT2D eigenvalue weighted by molar-refractivity contribution is -0.145. The van der Waals surface area contributed by atoms with Gasteiger partial charge in [-0.2, -0.15) is 0 Å². The van der Waals surface area contributed by atoms with Gasteiger partial charge in [0.05, 0.1) is 0 Å². The molecule has 0 aliphatic heterocycles. The SMILES string of the molecule is CCc1ccc(C(C(=O)Nc2c(C)cccc2C)N(C(=O)C(Cc2ccccc2)NC(=O)OC(C)(C)C)C2CCC2)cc1. The van der Waals surface area contributed by atoms with Crippen LogP contribution >= 0.6 is 0 Å². The maximum atomic E-state index is 14.7. The molecule has 43 heavy (non-hydrogen) atoms. The van der Waals surface area contributed by atoms with Crippen molar-refractivity contribution in [2.45, 2.75) is 97.4 Å². The first-order valence-electron chi connectivity index (χ1n) is 15.3. The van der Waals surface area contributed by atoms with Gasteiger partial charge in [0.1, 0.15) is 17.7 Å². The first kappa shape index (κ1) is 31.8. The zero-order valence-corrected chi connectivity index (χ0v) is 26.3. The fourth-order valence-electron chi connectivity index (χ4n) is 5.44. The van der Waals surface area contributed by atoms with Crippen molar-refractivity contribution in [2.24, 2.45) is 0 Å². The summed E-state index contributed by atoms with van der Waals surface area (Å²) in [7, 11) is 0. The molecule has 3 aromatic carbocycles. The third-order valence-corrected chi connectivity index (χ3v) is 7.95. The summed E-state index contributed by atoms with van der Waals surface area (Å²) < 4.78 is 5.56. The van der Waals surface area contributed by atoms with Gasteiger partial charge in [-0.05, 0) is 88.1 Å². The van der Waals surface area contributed by atoms with Gasteiger partial charge >= 0.3 is 6.09 Å². The fourth-order valence-corrected chi connectivity index (χ4v) is 5.44. The van der Waals surface area contributed by atoms with Gasteiger partial charge in [-0.3, -0.25) is 9.59 Å². The topological polar surface area (TPSA) is 87.7 Å². The van der Waals surface area contributed by atoms with E-state index in [1.807, 2.05) is 86.6 Å². The van der Waals surface area contributed by atoms with Crippen molar-refractivity contribution in [1.82, 2.24) is 10.2 Å². The van der Waals surface area contributed by atoms with E-state index in [4.69, 9.17) is 4.74 Å². The molecule has 7 heteroatoms. The van der Waals surface area contributed by atoms with Crippen molar-refractivity contribution in [3.63, 3.8) is 0 Å². The van der Waals surface area contributed by atoms with E-state index in [9.17, 15) is 14.4 Å². The number of para-hydroxylation sites is 1. The van der Waals surface area contributed by atoms with Crippen molar-refractivity contribution < 1.29 is 19.1 Å². The minimum Gasteiger partial charge on any atom is -0.444 e. The van der Waals surface area contributed by atoms with Gasteiger partial charge in [-0.1, -0.05) is 79.7 Å². The number of nitrogens with one attached hydrogen (secondary N) is 2. The Bertz CT molecular complexity index is 1390. The third-order valence-electron chi connectivity index (χ3n) is 7.95. The van der Waals surface area contributed by atoms with E-state index in [2.05, 4.69) is 17.6 Å². The minimum atomic E-state index is -0.928. The predicted octanol–water partition coefficient (Wildman–Crippen LogP) is 7.06. The maximum Gasteiger partial charge on any atom is 0.408 e. The van der Waals surface area contributed by atoms with Crippen LogP contribution in [-0.2, 0) is 27.2 Å². The van der Waals surface area contributed by atoms with Crippen molar-refractivity contribution >= 4 is 23.6 Å². The average molecular weight is 584 g/mol. The second kappa shape index (κ2) is 13.9. The second-order valence-corrected chi connectivity index (χ2v) is 12.5. The van der Waals surface area contributed by atoms with Gasteiger partial charge in [-0.15, -0.1) is 0 Å². The molecule has 0 radical (unpaired) electrons. The Morgan fingerprint density at radius 3 is 2.05 bits per heavy atom. The number of anilines is 1. The number of hydrogen-bond donors (Lipinski definition) is 2. The molecular formula is C36H45N3O4. The van der Waals surface area contributed by atoms with Gasteiger partial charge < -0.3 is 20.3 Å². The number of amides is 3. The average Bonchev–Trinajstić information content (AvgIpc) is 2.93. The second-order valence-electron chi connectivity index (χ2n) is 12.5. The normalized spacial score (nSPS) is 14.7. The summed E-state index contributed by atoms with van der Waals surface area (Å²) in [5.41, 5.74) is 4.69. The largest absolute Gasteiger partial charge is 0.444 e. The van der Waals surface area contributed by atoms with Crippen LogP contribution in [0.25, 0.3) is 0 Å². The van der Waals surface area contributed by atoms with E-state index < -0.39 is 23.8 Å². The van der Waals surface area contributed by atoms with Crippen LogP contribution in [0.15, 0.2) is 72.8 Å². The third kappa shape index (κ3) is 8.25. The number of hydrogen-bond acceptors (Lipinski definition) is 4. The highest BCUT2D eigenvalue weighted by Gasteiger charge is 2.42. The summed E-state index contributed by atoms with van der Waals surface area (Å²) in [6.45, 7) is 11.4.